The minimum atomic E-state index is 0.112. The van der Waals surface area contributed by atoms with Crippen molar-refractivity contribution >= 4 is 17.3 Å². The number of hydrogen-bond acceptors (Lipinski definition) is 1. The summed E-state index contributed by atoms with van der Waals surface area (Å²) in [4.78, 5) is 16.3. The second kappa shape index (κ2) is 7.95. The van der Waals surface area contributed by atoms with Crippen LogP contribution in [0.3, 0.4) is 0 Å². The van der Waals surface area contributed by atoms with Gasteiger partial charge in [-0.25, -0.2) is 0 Å². The van der Waals surface area contributed by atoms with Gasteiger partial charge in [0.05, 0.1) is 24.5 Å². The Labute approximate surface area is 149 Å². The van der Waals surface area contributed by atoms with Gasteiger partial charge in [-0.2, -0.15) is 0 Å². The Bertz CT molecular complexity index is 724. The Morgan fingerprint density at radius 2 is 1.40 bits per heavy atom. The Balaban J connectivity index is 2.00. The quantitative estimate of drug-likeness (QED) is 0.808. The summed E-state index contributed by atoms with van der Waals surface area (Å²) in [6, 6.07) is 16.5. The molecule has 1 N–H and O–H groups in total. The Morgan fingerprint density at radius 1 is 0.920 bits per heavy atom. The molecular weight excluding hydrogens is 308 g/mol. The van der Waals surface area contributed by atoms with Gasteiger partial charge in [-0.15, -0.1) is 0 Å². The van der Waals surface area contributed by atoms with Crippen LogP contribution < -0.4 is 9.80 Å². The lowest BCUT2D eigenvalue weighted by atomic mass is 10.0. The van der Waals surface area contributed by atoms with Crippen LogP contribution in [-0.4, -0.2) is 25.5 Å². The van der Waals surface area contributed by atoms with Gasteiger partial charge in [0.1, 0.15) is 0 Å². The van der Waals surface area contributed by atoms with Crippen LogP contribution in [-0.2, 0) is 17.6 Å². The summed E-state index contributed by atoms with van der Waals surface area (Å²) in [6.45, 7) is 9.53. The summed E-state index contributed by atoms with van der Waals surface area (Å²) in [5.74, 6) is 0.112. The fraction of sp³-hybridized carbons (Fsp3) is 0.227. The van der Waals surface area contributed by atoms with E-state index in [9.17, 15) is 4.79 Å². The van der Waals surface area contributed by atoms with Crippen LogP contribution in [0.2, 0.25) is 0 Å². The van der Waals surface area contributed by atoms with Crippen molar-refractivity contribution in [2.45, 2.75) is 12.8 Å². The van der Waals surface area contributed by atoms with Gasteiger partial charge in [0.25, 0.3) is 5.91 Å². The summed E-state index contributed by atoms with van der Waals surface area (Å²) >= 11 is 0. The molecule has 0 aromatic heterocycles. The number of quaternary nitrogens is 1. The molecule has 1 amide bonds. The molecule has 3 rings (SSSR count). The number of nitrogens with zero attached hydrogens (tertiary/aromatic N) is 1. The molecule has 0 fully saturated rings. The van der Waals surface area contributed by atoms with E-state index in [1.54, 1.807) is 0 Å². The predicted molar refractivity (Wildman–Crippen MR) is 103 cm³/mol. The maximum Gasteiger partial charge on any atom is 0.286 e. The molecule has 0 saturated carbocycles. The lowest BCUT2D eigenvalue weighted by molar-refractivity contribution is -0.879. The molecule has 1 heterocycles. The van der Waals surface area contributed by atoms with Crippen LogP contribution in [0, 0.1) is 0 Å². The zero-order chi connectivity index (χ0) is 17.6. The second-order valence-corrected chi connectivity index (χ2v) is 6.40. The molecule has 128 valence electrons. The van der Waals surface area contributed by atoms with E-state index in [0.29, 0.717) is 6.54 Å². The van der Waals surface area contributed by atoms with Crippen LogP contribution in [0.5, 0.6) is 0 Å². The largest absolute Gasteiger partial charge is 0.321 e. The zero-order valence-corrected chi connectivity index (χ0v) is 14.6. The van der Waals surface area contributed by atoms with E-state index in [1.165, 1.54) is 11.1 Å². The fourth-order valence-corrected chi connectivity index (χ4v) is 3.48. The lowest BCUT2D eigenvalue weighted by Gasteiger charge is -2.26. The van der Waals surface area contributed by atoms with Crippen molar-refractivity contribution in [2.24, 2.45) is 0 Å². The van der Waals surface area contributed by atoms with Crippen LogP contribution >= 0.6 is 0 Å². The number of fused-ring (bicyclic) bond motifs is 2. The van der Waals surface area contributed by atoms with E-state index in [1.807, 2.05) is 41.3 Å². The van der Waals surface area contributed by atoms with E-state index in [0.717, 1.165) is 42.2 Å². The fourth-order valence-electron chi connectivity index (χ4n) is 3.48. The smallest absolute Gasteiger partial charge is 0.286 e. The molecule has 2 aromatic rings. The molecule has 25 heavy (non-hydrogen) atoms. The van der Waals surface area contributed by atoms with Crippen molar-refractivity contribution in [3.05, 3.63) is 85.0 Å². The first kappa shape index (κ1) is 17.2. The number of para-hydroxylation sites is 2. The molecule has 3 heteroatoms. The summed E-state index contributed by atoms with van der Waals surface area (Å²) in [7, 11) is 0. The first-order valence-corrected chi connectivity index (χ1v) is 8.78. The van der Waals surface area contributed by atoms with Gasteiger partial charge in [-0.1, -0.05) is 49.6 Å². The maximum atomic E-state index is 13.3. The van der Waals surface area contributed by atoms with Crippen molar-refractivity contribution in [3.8, 4) is 0 Å². The Hall–Kier alpha value is -2.65. The number of benzene rings is 2. The van der Waals surface area contributed by atoms with E-state index >= 15 is 0 Å². The van der Waals surface area contributed by atoms with Crippen LogP contribution in [0.15, 0.2) is 73.8 Å². The highest BCUT2D eigenvalue weighted by Gasteiger charge is 2.27. The van der Waals surface area contributed by atoms with Crippen LogP contribution in [0.4, 0.5) is 11.4 Å². The molecular formula is C22H25N2O+. The monoisotopic (exact) mass is 333 g/mol. The second-order valence-electron chi connectivity index (χ2n) is 6.40. The molecule has 1 aliphatic rings. The van der Waals surface area contributed by atoms with Gasteiger partial charge in [-0.3, -0.25) is 9.69 Å². The van der Waals surface area contributed by atoms with Crippen molar-refractivity contribution in [1.29, 1.82) is 0 Å². The van der Waals surface area contributed by atoms with Crippen molar-refractivity contribution in [3.63, 3.8) is 0 Å². The van der Waals surface area contributed by atoms with Crippen LogP contribution in [0.25, 0.3) is 0 Å². The average Bonchev–Trinajstić information content (AvgIpc) is 2.79. The summed E-state index contributed by atoms with van der Waals surface area (Å²) in [5, 5.41) is 0. The van der Waals surface area contributed by atoms with E-state index < -0.39 is 0 Å². The van der Waals surface area contributed by atoms with Gasteiger partial charge in [0.15, 0.2) is 6.54 Å². The highest BCUT2D eigenvalue weighted by atomic mass is 16.2. The SMILES string of the molecule is C=CC[NH+](CC=C)CC(=O)N1c2ccccc2CCc2ccccc21. The first-order valence-electron chi connectivity index (χ1n) is 8.78. The molecule has 0 saturated heterocycles. The van der Waals surface area contributed by atoms with Crippen LogP contribution in [0.1, 0.15) is 11.1 Å². The van der Waals surface area contributed by atoms with Gasteiger partial charge < -0.3 is 4.90 Å². The summed E-state index contributed by atoms with van der Waals surface area (Å²) < 4.78 is 0. The molecule has 3 nitrogen and oxygen atoms in total. The molecule has 0 radical (unpaired) electrons. The third-order valence-corrected chi connectivity index (χ3v) is 4.65. The highest BCUT2D eigenvalue weighted by Crippen LogP contribution is 2.35. The molecule has 0 unspecified atom stereocenters. The molecule has 0 bridgehead atoms. The van der Waals surface area contributed by atoms with Gasteiger partial charge in [-0.05, 0) is 48.3 Å². The van der Waals surface area contributed by atoms with E-state index in [-0.39, 0.29) is 5.91 Å². The standard InChI is InChI=1S/C22H24N2O/c1-3-15-23(16-4-2)17-22(25)24-20-11-7-5-9-18(20)13-14-19-10-6-8-12-21(19)24/h3-12H,1-2,13-17H2/p+1. The average molecular weight is 333 g/mol. The number of anilines is 2. The third-order valence-electron chi connectivity index (χ3n) is 4.65. The minimum Gasteiger partial charge on any atom is -0.321 e. The maximum absolute atomic E-state index is 13.3. The number of aryl methyl sites for hydroxylation is 2. The highest BCUT2D eigenvalue weighted by molar-refractivity contribution is 6.02. The topological polar surface area (TPSA) is 24.8 Å². The predicted octanol–water partition coefficient (Wildman–Crippen LogP) is 2.71. The molecule has 0 spiro atoms. The van der Waals surface area contributed by atoms with Gasteiger partial charge in [0, 0.05) is 0 Å². The number of nitrogens with one attached hydrogen (secondary N) is 1. The van der Waals surface area contributed by atoms with E-state index in [4.69, 9.17) is 0 Å². The molecule has 1 aliphatic heterocycles. The minimum absolute atomic E-state index is 0.112. The van der Waals surface area contributed by atoms with Crippen molar-refractivity contribution in [2.75, 3.05) is 24.5 Å². The third kappa shape index (κ3) is 3.72. The number of rotatable bonds is 6. The number of amides is 1. The summed E-state index contributed by atoms with van der Waals surface area (Å²) in [5.41, 5.74) is 4.46. The normalized spacial score (nSPS) is 12.9. The lowest BCUT2D eigenvalue weighted by Crippen LogP contribution is -3.12. The Morgan fingerprint density at radius 3 is 1.88 bits per heavy atom. The van der Waals surface area contributed by atoms with Crippen molar-refractivity contribution in [1.82, 2.24) is 0 Å². The first-order chi connectivity index (χ1) is 12.2. The molecule has 0 atom stereocenters. The summed E-state index contributed by atoms with van der Waals surface area (Å²) in [6.07, 6.45) is 5.62. The van der Waals surface area contributed by atoms with Crippen molar-refractivity contribution < 1.29 is 9.69 Å². The Kier molecular flexibility index (Phi) is 5.46. The zero-order valence-electron chi connectivity index (χ0n) is 14.6. The molecule has 2 aromatic carbocycles. The number of hydrogen-bond donors (Lipinski definition) is 1. The number of carbonyl (C=O) groups is 1. The molecule has 0 aliphatic carbocycles. The number of carbonyl (C=O) groups excluding carboxylic acids is 1. The van der Waals surface area contributed by atoms with Gasteiger partial charge >= 0.3 is 0 Å². The van der Waals surface area contributed by atoms with E-state index in [2.05, 4.69) is 37.4 Å². The van der Waals surface area contributed by atoms with Gasteiger partial charge in [0.2, 0.25) is 0 Å².